The summed E-state index contributed by atoms with van der Waals surface area (Å²) in [6, 6.07) is 11.5. The third-order valence-electron chi connectivity index (χ3n) is 3.18. The summed E-state index contributed by atoms with van der Waals surface area (Å²) in [5, 5.41) is 0.145. The molecule has 1 amide bonds. The van der Waals surface area contributed by atoms with Crippen LogP contribution in [0.15, 0.2) is 42.5 Å². The lowest BCUT2D eigenvalue weighted by Gasteiger charge is -2.21. The molecule has 2 aromatic rings. The minimum atomic E-state index is -0.446. The monoisotopic (exact) mass is 321 g/mol. The van der Waals surface area contributed by atoms with Crippen LogP contribution < -0.4 is 9.64 Å². The van der Waals surface area contributed by atoms with Crippen molar-refractivity contribution in [2.24, 2.45) is 0 Å². The first-order valence-electron chi connectivity index (χ1n) is 6.96. The summed E-state index contributed by atoms with van der Waals surface area (Å²) >= 11 is 5.87. The summed E-state index contributed by atoms with van der Waals surface area (Å²) in [7, 11) is 0. The van der Waals surface area contributed by atoms with Crippen molar-refractivity contribution in [2.75, 3.05) is 18.1 Å². The number of nitrogens with zero attached hydrogens (tertiary/aromatic N) is 1. The van der Waals surface area contributed by atoms with E-state index in [-0.39, 0.29) is 23.3 Å². The molecule has 0 N–H and O–H groups in total. The molecular formula is C17H17ClFNO2. The van der Waals surface area contributed by atoms with Crippen molar-refractivity contribution in [2.45, 2.75) is 13.8 Å². The van der Waals surface area contributed by atoms with Gasteiger partial charge in [0.1, 0.15) is 11.6 Å². The van der Waals surface area contributed by atoms with Gasteiger partial charge in [-0.2, -0.15) is 0 Å². The maximum absolute atomic E-state index is 13.0. The molecule has 116 valence electrons. The first-order chi connectivity index (χ1) is 10.5. The molecule has 0 spiro atoms. The highest BCUT2D eigenvalue weighted by molar-refractivity contribution is 6.32. The van der Waals surface area contributed by atoms with E-state index in [0.717, 1.165) is 17.3 Å². The molecular weight excluding hydrogens is 305 g/mol. The van der Waals surface area contributed by atoms with Crippen molar-refractivity contribution in [1.29, 1.82) is 0 Å². The van der Waals surface area contributed by atoms with Gasteiger partial charge in [-0.1, -0.05) is 23.7 Å². The zero-order valence-electron chi connectivity index (χ0n) is 12.5. The molecule has 22 heavy (non-hydrogen) atoms. The number of amides is 1. The van der Waals surface area contributed by atoms with Gasteiger partial charge in [0.25, 0.3) is 5.91 Å². The number of anilines is 1. The van der Waals surface area contributed by atoms with Gasteiger partial charge in [-0.25, -0.2) is 4.39 Å². The number of hydrogen-bond donors (Lipinski definition) is 0. The van der Waals surface area contributed by atoms with Crippen molar-refractivity contribution in [3.63, 3.8) is 0 Å². The lowest BCUT2D eigenvalue weighted by molar-refractivity contribution is -0.120. The van der Waals surface area contributed by atoms with E-state index in [9.17, 15) is 9.18 Å². The minimum absolute atomic E-state index is 0.145. The van der Waals surface area contributed by atoms with Gasteiger partial charge in [-0.15, -0.1) is 0 Å². The Morgan fingerprint density at radius 2 is 2.05 bits per heavy atom. The van der Waals surface area contributed by atoms with Crippen LogP contribution in [-0.4, -0.2) is 19.1 Å². The second kappa shape index (κ2) is 7.27. The van der Waals surface area contributed by atoms with Crippen LogP contribution in [0, 0.1) is 12.7 Å². The fraction of sp³-hybridized carbons (Fsp3) is 0.235. The molecule has 0 saturated heterocycles. The first-order valence-corrected chi connectivity index (χ1v) is 7.34. The number of likely N-dealkylation sites (N-methyl/N-ethyl adjacent to an activating group) is 1. The van der Waals surface area contributed by atoms with E-state index in [1.165, 1.54) is 12.1 Å². The van der Waals surface area contributed by atoms with Crippen molar-refractivity contribution < 1.29 is 13.9 Å². The van der Waals surface area contributed by atoms with E-state index in [2.05, 4.69) is 0 Å². The smallest absolute Gasteiger partial charge is 0.264 e. The zero-order chi connectivity index (χ0) is 16.1. The number of aryl methyl sites for hydroxylation is 1. The van der Waals surface area contributed by atoms with Gasteiger partial charge >= 0.3 is 0 Å². The molecule has 2 aromatic carbocycles. The summed E-state index contributed by atoms with van der Waals surface area (Å²) in [5.41, 5.74) is 1.90. The Bertz CT molecular complexity index is 675. The maximum Gasteiger partial charge on any atom is 0.264 e. The van der Waals surface area contributed by atoms with E-state index < -0.39 is 5.82 Å². The molecule has 0 aliphatic heterocycles. The number of rotatable bonds is 5. The average molecular weight is 322 g/mol. The minimum Gasteiger partial charge on any atom is -0.482 e. The third-order valence-corrected chi connectivity index (χ3v) is 3.47. The Balaban J connectivity index is 2.06. The normalized spacial score (nSPS) is 10.4. The number of ether oxygens (including phenoxy) is 1. The zero-order valence-corrected chi connectivity index (χ0v) is 13.2. The quantitative estimate of drug-likeness (QED) is 0.825. The van der Waals surface area contributed by atoms with Crippen LogP contribution in [-0.2, 0) is 4.79 Å². The Hall–Kier alpha value is -2.07. The molecule has 0 unspecified atom stereocenters. The van der Waals surface area contributed by atoms with E-state index in [4.69, 9.17) is 16.3 Å². The van der Waals surface area contributed by atoms with Crippen LogP contribution in [0.1, 0.15) is 12.5 Å². The Kier molecular flexibility index (Phi) is 5.39. The number of hydrogen-bond acceptors (Lipinski definition) is 2. The Morgan fingerprint density at radius 3 is 2.68 bits per heavy atom. The third kappa shape index (κ3) is 3.98. The van der Waals surface area contributed by atoms with Gasteiger partial charge in [0.2, 0.25) is 0 Å². The molecule has 0 aliphatic rings. The molecule has 0 aliphatic carbocycles. The SMILES string of the molecule is CCN(C(=O)COc1ccc(F)cc1Cl)c1cccc(C)c1. The number of carbonyl (C=O) groups excluding carboxylic acids is 1. The van der Waals surface area contributed by atoms with Gasteiger partial charge in [0.15, 0.2) is 6.61 Å². The van der Waals surface area contributed by atoms with Crippen LogP contribution in [0.5, 0.6) is 5.75 Å². The predicted molar refractivity (Wildman–Crippen MR) is 86.1 cm³/mol. The number of halogens is 2. The van der Waals surface area contributed by atoms with Gasteiger partial charge in [0.05, 0.1) is 5.02 Å². The highest BCUT2D eigenvalue weighted by Crippen LogP contribution is 2.25. The Labute approximate surface area is 134 Å². The van der Waals surface area contributed by atoms with Crippen LogP contribution >= 0.6 is 11.6 Å². The molecule has 0 aromatic heterocycles. The average Bonchev–Trinajstić information content (AvgIpc) is 2.47. The molecule has 0 saturated carbocycles. The van der Waals surface area contributed by atoms with Crippen molar-refractivity contribution in [1.82, 2.24) is 0 Å². The van der Waals surface area contributed by atoms with Gasteiger partial charge in [-0.05, 0) is 49.7 Å². The highest BCUT2D eigenvalue weighted by Gasteiger charge is 2.15. The number of benzene rings is 2. The second-order valence-electron chi connectivity index (χ2n) is 4.84. The van der Waals surface area contributed by atoms with Gasteiger partial charge < -0.3 is 9.64 Å². The van der Waals surface area contributed by atoms with Crippen LogP contribution in [0.4, 0.5) is 10.1 Å². The summed E-state index contributed by atoms with van der Waals surface area (Å²) in [6.07, 6.45) is 0. The Morgan fingerprint density at radius 1 is 1.27 bits per heavy atom. The highest BCUT2D eigenvalue weighted by atomic mass is 35.5. The van der Waals surface area contributed by atoms with Crippen molar-refractivity contribution >= 4 is 23.2 Å². The maximum atomic E-state index is 13.0. The van der Waals surface area contributed by atoms with E-state index in [0.29, 0.717) is 6.54 Å². The summed E-state index contributed by atoms with van der Waals surface area (Å²) < 4.78 is 18.4. The van der Waals surface area contributed by atoms with E-state index in [1.807, 2.05) is 38.1 Å². The fourth-order valence-corrected chi connectivity index (χ4v) is 2.33. The summed E-state index contributed by atoms with van der Waals surface area (Å²) in [6.45, 7) is 4.23. The fourth-order valence-electron chi connectivity index (χ4n) is 2.11. The van der Waals surface area contributed by atoms with Crippen LogP contribution in [0.2, 0.25) is 5.02 Å². The standard InChI is InChI=1S/C17H17ClFNO2/c1-3-20(14-6-4-5-12(2)9-14)17(21)11-22-16-8-7-13(19)10-15(16)18/h4-10H,3,11H2,1-2H3. The molecule has 0 bridgehead atoms. The largest absolute Gasteiger partial charge is 0.482 e. The molecule has 5 heteroatoms. The lowest BCUT2D eigenvalue weighted by atomic mass is 10.2. The molecule has 2 rings (SSSR count). The van der Waals surface area contributed by atoms with Crippen LogP contribution in [0.3, 0.4) is 0 Å². The summed E-state index contributed by atoms with van der Waals surface area (Å²) in [5.74, 6) is -0.344. The molecule has 0 radical (unpaired) electrons. The van der Waals surface area contributed by atoms with Gasteiger partial charge in [-0.3, -0.25) is 4.79 Å². The van der Waals surface area contributed by atoms with E-state index in [1.54, 1.807) is 4.90 Å². The second-order valence-corrected chi connectivity index (χ2v) is 5.25. The summed E-state index contributed by atoms with van der Waals surface area (Å²) in [4.78, 5) is 14.0. The van der Waals surface area contributed by atoms with E-state index >= 15 is 0 Å². The lowest BCUT2D eigenvalue weighted by Crippen LogP contribution is -2.34. The molecule has 3 nitrogen and oxygen atoms in total. The van der Waals surface area contributed by atoms with Crippen LogP contribution in [0.25, 0.3) is 0 Å². The molecule has 0 atom stereocenters. The van der Waals surface area contributed by atoms with Crippen molar-refractivity contribution in [3.05, 3.63) is 58.9 Å². The van der Waals surface area contributed by atoms with Gasteiger partial charge in [0, 0.05) is 12.2 Å². The number of carbonyl (C=O) groups is 1. The predicted octanol–water partition coefficient (Wildman–Crippen LogP) is 4.22. The topological polar surface area (TPSA) is 29.5 Å². The first kappa shape index (κ1) is 16.3. The van der Waals surface area contributed by atoms with Crippen molar-refractivity contribution in [3.8, 4) is 5.75 Å². The molecule has 0 fully saturated rings. The molecule has 0 heterocycles.